The van der Waals surface area contributed by atoms with Crippen molar-refractivity contribution in [2.45, 2.75) is 26.2 Å². The summed E-state index contributed by atoms with van der Waals surface area (Å²) in [5.74, 6) is 0. The summed E-state index contributed by atoms with van der Waals surface area (Å²) < 4.78 is 5.62. The standard InChI is InChI=1S/C18H26N4O3/c1-4-18(12-23)7-9-22(10-8-18)16(24)19-13-5-6-15-14(11-13)20-17(25-15)21(2)3/h5-6,11,23H,4,7-10,12H2,1-3H3,(H,19,24). The summed E-state index contributed by atoms with van der Waals surface area (Å²) in [7, 11) is 3.74. The van der Waals surface area contributed by atoms with Crippen molar-refractivity contribution < 1.29 is 14.3 Å². The zero-order chi connectivity index (χ0) is 18.0. The monoisotopic (exact) mass is 346 g/mol. The summed E-state index contributed by atoms with van der Waals surface area (Å²) >= 11 is 0. The molecule has 2 aromatic rings. The van der Waals surface area contributed by atoms with Crippen LogP contribution in [0.4, 0.5) is 16.5 Å². The molecule has 1 aliphatic heterocycles. The first-order valence-corrected chi connectivity index (χ1v) is 8.71. The van der Waals surface area contributed by atoms with Crippen molar-refractivity contribution in [1.29, 1.82) is 0 Å². The lowest BCUT2D eigenvalue weighted by Gasteiger charge is -2.40. The number of nitrogens with zero attached hydrogens (tertiary/aromatic N) is 3. The number of hydrogen-bond donors (Lipinski definition) is 2. The van der Waals surface area contributed by atoms with Gasteiger partial charge in [-0.3, -0.25) is 0 Å². The number of fused-ring (bicyclic) bond motifs is 1. The molecule has 136 valence electrons. The maximum atomic E-state index is 12.5. The van der Waals surface area contributed by atoms with Crippen LogP contribution in [-0.4, -0.2) is 54.8 Å². The van der Waals surface area contributed by atoms with E-state index in [0.717, 1.165) is 19.3 Å². The van der Waals surface area contributed by atoms with Crippen molar-refractivity contribution in [1.82, 2.24) is 9.88 Å². The molecule has 7 heteroatoms. The first-order valence-electron chi connectivity index (χ1n) is 8.71. The molecule has 1 fully saturated rings. The molecule has 0 bridgehead atoms. The van der Waals surface area contributed by atoms with Crippen molar-refractivity contribution in [3.63, 3.8) is 0 Å². The van der Waals surface area contributed by atoms with Crippen LogP contribution >= 0.6 is 0 Å². The molecule has 0 radical (unpaired) electrons. The van der Waals surface area contributed by atoms with Crippen molar-refractivity contribution in [2.75, 3.05) is 44.0 Å². The zero-order valence-electron chi connectivity index (χ0n) is 15.1. The summed E-state index contributed by atoms with van der Waals surface area (Å²) in [6, 6.07) is 5.87. The van der Waals surface area contributed by atoms with Crippen LogP contribution < -0.4 is 10.2 Å². The second-order valence-corrected chi connectivity index (χ2v) is 7.00. The van der Waals surface area contributed by atoms with Crippen LogP contribution in [0.25, 0.3) is 11.1 Å². The molecule has 3 rings (SSSR count). The number of aromatic nitrogens is 1. The molecule has 0 aliphatic carbocycles. The number of likely N-dealkylation sites (tertiary alicyclic amines) is 1. The van der Waals surface area contributed by atoms with E-state index in [9.17, 15) is 9.90 Å². The summed E-state index contributed by atoms with van der Waals surface area (Å²) in [5, 5.41) is 12.5. The Labute approximate surface area is 147 Å². The molecule has 1 saturated heterocycles. The van der Waals surface area contributed by atoms with E-state index in [1.807, 2.05) is 37.2 Å². The lowest BCUT2D eigenvalue weighted by Crippen LogP contribution is -2.46. The topological polar surface area (TPSA) is 81.8 Å². The zero-order valence-corrected chi connectivity index (χ0v) is 15.1. The maximum Gasteiger partial charge on any atom is 0.321 e. The van der Waals surface area contributed by atoms with Crippen molar-refractivity contribution >= 4 is 28.8 Å². The molecule has 25 heavy (non-hydrogen) atoms. The average Bonchev–Trinajstić information content (AvgIpc) is 3.05. The van der Waals surface area contributed by atoms with E-state index in [2.05, 4.69) is 17.2 Å². The van der Waals surface area contributed by atoms with Crippen LogP contribution in [0.5, 0.6) is 0 Å². The van der Waals surface area contributed by atoms with Gasteiger partial charge < -0.3 is 24.6 Å². The lowest BCUT2D eigenvalue weighted by atomic mass is 9.77. The number of amides is 2. The fraction of sp³-hybridized carbons (Fsp3) is 0.556. The van der Waals surface area contributed by atoms with Crippen LogP contribution in [-0.2, 0) is 0 Å². The lowest BCUT2D eigenvalue weighted by molar-refractivity contribution is 0.0542. The van der Waals surface area contributed by atoms with Gasteiger partial charge in [0, 0.05) is 39.5 Å². The van der Waals surface area contributed by atoms with E-state index >= 15 is 0 Å². The number of piperidine rings is 1. The van der Waals surface area contributed by atoms with Crippen molar-refractivity contribution in [3.8, 4) is 0 Å². The molecule has 0 atom stereocenters. The number of carbonyl (C=O) groups is 1. The molecular formula is C18H26N4O3. The Morgan fingerprint density at radius 3 is 2.72 bits per heavy atom. The molecule has 1 aromatic carbocycles. The summed E-state index contributed by atoms with van der Waals surface area (Å²) in [5.41, 5.74) is 2.07. The fourth-order valence-electron chi connectivity index (χ4n) is 3.19. The van der Waals surface area contributed by atoms with Crippen LogP contribution in [0.1, 0.15) is 26.2 Å². The number of anilines is 2. The van der Waals surface area contributed by atoms with Crippen LogP contribution in [0.2, 0.25) is 0 Å². The highest BCUT2D eigenvalue weighted by molar-refractivity contribution is 5.91. The maximum absolute atomic E-state index is 12.5. The third-order valence-electron chi connectivity index (χ3n) is 5.21. The van der Waals surface area contributed by atoms with Crippen LogP contribution in [0, 0.1) is 5.41 Å². The highest BCUT2D eigenvalue weighted by Gasteiger charge is 2.33. The van der Waals surface area contributed by atoms with Gasteiger partial charge in [-0.2, -0.15) is 4.98 Å². The van der Waals surface area contributed by atoms with Crippen LogP contribution in [0.3, 0.4) is 0 Å². The van der Waals surface area contributed by atoms with E-state index in [1.54, 1.807) is 4.90 Å². The SMILES string of the molecule is CCC1(CO)CCN(C(=O)Nc2ccc3oc(N(C)C)nc3c2)CC1. The van der Waals surface area contributed by atoms with Gasteiger partial charge in [0.15, 0.2) is 5.58 Å². The number of rotatable bonds is 4. The smallest absolute Gasteiger partial charge is 0.321 e. The normalized spacial score (nSPS) is 16.9. The number of benzene rings is 1. The summed E-state index contributed by atoms with van der Waals surface area (Å²) in [4.78, 5) is 20.5. The highest BCUT2D eigenvalue weighted by Crippen LogP contribution is 2.34. The van der Waals surface area contributed by atoms with Gasteiger partial charge in [-0.1, -0.05) is 6.92 Å². The van der Waals surface area contributed by atoms with Gasteiger partial charge in [0.05, 0.1) is 0 Å². The van der Waals surface area contributed by atoms with Gasteiger partial charge in [-0.25, -0.2) is 4.79 Å². The van der Waals surface area contributed by atoms with Gasteiger partial charge in [-0.05, 0) is 42.9 Å². The minimum absolute atomic E-state index is 0.0288. The number of hydrogen-bond acceptors (Lipinski definition) is 5. The van der Waals surface area contributed by atoms with Crippen molar-refractivity contribution in [2.24, 2.45) is 5.41 Å². The minimum Gasteiger partial charge on any atom is -0.423 e. The molecule has 0 saturated carbocycles. The van der Waals surface area contributed by atoms with Gasteiger partial charge in [0.1, 0.15) is 5.52 Å². The number of nitrogens with one attached hydrogen (secondary N) is 1. The van der Waals surface area contributed by atoms with E-state index in [-0.39, 0.29) is 18.1 Å². The highest BCUT2D eigenvalue weighted by atomic mass is 16.4. The second-order valence-electron chi connectivity index (χ2n) is 7.00. The van der Waals surface area contributed by atoms with Gasteiger partial charge in [-0.15, -0.1) is 0 Å². The second kappa shape index (κ2) is 6.92. The number of oxazole rings is 1. The fourth-order valence-corrected chi connectivity index (χ4v) is 3.19. The molecule has 1 aliphatic rings. The molecule has 0 unspecified atom stereocenters. The van der Waals surface area contributed by atoms with Crippen molar-refractivity contribution in [3.05, 3.63) is 18.2 Å². The van der Waals surface area contributed by atoms with Crippen LogP contribution in [0.15, 0.2) is 22.6 Å². The van der Waals surface area contributed by atoms with Gasteiger partial charge in [0.25, 0.3) is 6.01 Å². The van der Waals surface area contributed by atoms with E-state index in [4.69, 9.17) is 4.42 Å². The number of urea groups is 1. The molecule has 1 aromatic heterocycles. The Bertz CT molecular complexity index is 742. The first kappa shape index (κ1) is 17.5. The third kappa shape index (κ3) is 3.56. The van der Waals surface area contributed by atoms with E-state index in [0.29, 0.717) is 35.9 Å². The molecule has 2 amide bonds. The number of aliphatic hydroxyl groups excluding tert-OH is 1. The quantitative estimate of drug-likeness (QED) is 0.889. The summed E-state index contributed by atoms with van der Waals surface area (Å²) in [6.07, 6.45) is 2.61. The van der Waals surface area contributed by atoms with Gasteiger partial charge in [0.2, 0.25) is 0 Å². The molecular weight excluding hydrogens is 320 g/mol. The third-order valence-corrected chi connectivity index (χ3v) is 5.21. The largest absolute Gasteiger partial charge is 0.423 e. The molecule has 2 heterocycles. The Morgan fingerprint density at radius 2 is 2.12 bits per heavy atom. The van der Waals surface area contributed by atoms with E-state index in [1.165, 1.54) is 0 Å². The average molecular weight is 346 g/mol. The molecule has 7 nitrogen and oxygen atoms in total. The summed E-state index contributed by atoms with van der Waals surface area (Å²) in [6.45, 7) is 3.62. The first-order chi connectivity index (χ1) is 12.0. The molecule has 0 spiro atoms. The Balaban J connectivity index is 1.66. The Hall–Kier alpha value is -2.28. The predicted molar refractivity (Wildman–Crippen MR) is 98.0 cm³/mol. The Morgan fingerprint density at radius 1 is 1.40 bits per heavy atom. The molecule has 2 N–H and O–H groups in total. The minimum atomic E-state index is -0.113. The number of carbonyl (C=O) groups excluding carboxylic acids is 1. The van der Waals surface area contributed by atoms with E-state index < -0.39 is 0 Å². The van der Waals surface area contributed by atoms with Gasteiger partial charge >= 0.3 is 6.03 Å². The number of aliphatic hydroxyl groups is 1. The predicted octanol–water partition coefficient (Wildman–Crippen LogP) is 2.91. The Kier molecular flexibility index (Phi) is 4.85.